The Bertz CT molecular complexity index is 854. The lowest BCUT2D eigenvalue weighted by Crippen LogP contribution is -2.35. The van der Waals surface area contributed by atoms with Gasteiger partial charge in [-0.2, -0.15) is 0 Å². The van der Waals surface area contributed by atoms with E-state index in [0.717, 1.165) is 5.56 Å². The van der Waals surface area contributed by atoms with E-state index in [-0.39, 0.29) is 24.7 Å². The van der Waals surface area contributed by atoms with Crippen molar-refractivity contribution in [3.8, 4) is 11.5 Å². The number of hydrogen-bond donors (Lipinski definition) is 2. The first kappa shape index (κ1) is 20.7. The molecule has 0 heterocycles. The smallest absolute Gasteiger partial charge is 0.251 e. The van der Waals surface area contributed by atoms with Gasteiger partial charge in [0, 0.05) is 18.7 Å². The number of benzene rings is 2. The molecule has 0 saturated carbocycles. The summed E-state index contributed by atoms with van der Waals surface area (Å²) in [5.41, 5.74) is 1.42. The van der Waals surface area contributed by atoms with Gasteiger partial charge in [0.25, 0.3) is 5.91 Å². The van der Waals surface area contributed by atoms with Gasteiger partial charge in [0.1, 0.15) is 0 Å². The summed E-state index contributed by atoms with van der Waals surface area (Å²) in [4.78, 5) is 11.9. The van der Waals surface area contributed by atoms with Crippen molar-refractivity contribution in [1.29, 1.82) is 0 Å². The molecular weight excluding hydrogens is 368 g/mol. The number of ether oxygens (including phenoxy) is 2. The third-order valence-electron chi connectivity index (χ3n) is 3.88. The number of methoxy groups -OCH3 is 2. The first-order valence-corrected chi connectivity index (χ1v) is 10.1. The lowest BCUT2D eigenvalue weighted by atomic mass is 10.1. The third kappa shape index (κ3) is 6.58. The highest BCUT2D eigenvalue weighted by Crippen LogP contribution is 2.27. The number of hydrogen-bond acceptors (Lipinski definition) is 5. The van der Waals surface area contributed by atoms with Crippen LogP contribution < -0.4 is 19.5 Å². The molecule has 0 atom stereocenters. The molecule has 7 nitrogen and oxygen atoms in total. The quantitative estimate of drug-likeness (QED) is 0.641. The number of carbonyl (C=O) groups is 1. The molecule has 1 amide bonds. The van der Waals surface area contributed by atoms with Crippen molar-refractivity contribution < 1.29 is 22.7 Å². The van der Waals surface area contributed by atoms with Gasteiger partial charge in [-0.25, -0.2) is 13.1 Å². The van der Waals surface area contributed by atoms with Crippen LogP contribution in [0, 0.1) is 0 Å². The standard InChI is InChI=1S/C19H24N2O5S/c1-25-17-9-8-15(14-18(17)26-2)10-11-21-27(23,24)13-12-20-19(22)16-6-4-3-5-7-16/h3-9,14,21H,10-13H2,1-2H3,(H,20,22). The molecule has 2 N–H and O–H groups in total. The zero-order chi connectivity index (χ0) is 19.7. The van der Waals surface area contributed by atoms with Gasteiger partial charge in [-0.05, 0) is 36.2 Å². The molecule has 0 spiro atoms. The van der Waals surface area contributed by atoms with E-state index in [0.29, 0.717) is 23.5 Å². The predicted octanol–water partition coefficient (Wildman–Crippen LogP) is 1.60. The van der Waals surface area contributed by atoms with Crippen LogP contribution >= 0.6 is 0 Å². The van der Waals surface area contributed by atoms with Crippen LogP contribution in [-0.4, -0.2) is 47.4 Å². The Kier molecular flexibility index (Phi) is 7.63. The van der Waals surface area contributed by atoms with Gasteiger partial charge in [0.05, 0.1) is 20.0 Å². The van der Waals surface area contributed by atoms with Crippen molar-refractivity contribution >= 4 is 15.9 Å². The summed E-state index contributed by atoms with van der Waals surface area (Å²) in [6, 6.07) is 14.1. The van der Waals surface area contributed by atoms with Gasteiger partial charge in [-0.1, -0.05) is 24.3 Å². The van der Waals surface area contributed by atoms with Gasteiger partial charge in [0.15, 0.2) is 11.5 Å². The SMILES string of the molecule is COc1ccc(CCNS(=O)(=O)CCNC(=O)c2ccccc2)cc1OC. The van der Waals surface area contributed by atoms with Gasteiger partial charge in [-0.3, -0.25) is 4.79 Å². The van der Waals surface area contributed by atoms with Crippen molar-refractivity contribution in [2.45, 2.75) is 6.42 Å². The Morgan fingerprint density at radius 2 is 1.67 bits per heavy atom. The van der Waals surface area contributed by atoms with Crippen LogP contribution in [-0.2, 0) is 16.4 Å². The topological polar surface area (TPSA) is 93.7 Å². The Balaban J connectivity index is 1.77. The van der Waals surface area contributed by atoms with Gasteiger partial charge >= 0.3 is 0 Å². The molecule has 0 saturated heterocycles. The lowest BCUT2D eigenvalue weighted by molar-refractivity contribution is 0.0956. The third-order valence-corrected chi connectivity index (χ3v) is 5.26. The van der Waals surface area contributed by atoms with E-state index in [1.807, 2.05) is 18.2 Å². The van der Waals surface area contributed by atoms with Crippen molar-refractivity contribution in [2.75, 3.05) is 33.1 Å². The maximum absolute atomic E-state index is 12.1. The van der Waals surface area contributed by atoms with Crippen LogP contribution in [0.4, 0.5) is 0 Å². The van der Waals surface area contributed by atoms with Crippen molar-refractivity contribution in [3.63, 3.8) is 0 Å². The largest absolute Gasteiger partial charge is 0.493 e. The zero-order valence-electron chi connectivity index (χ0n) is 15.4. The number of sulfonamides is 1. The highest BCUT2D eigenvalue weighted by atomic mass is 32.2. The maximum Gasteiger partial charge on any atom is 0.251 e. The Labute approximate surface area is 159 Å². The fraction of sp³-hybridized carbons (Fsp3) is 0.316. The second-order valence-corrected chi connectivity index (χ2v) is 7.70. The molecule has 2 rings (SSSR count). The molecular formula is C19H24N2O5S. The minimum Gasteiger partial charge on any atom is -0.493 e. The molecule has 0 unspecified atom stereocenters. The highest BCUT2D eigenvalue weighted by molar-refractivity contribution is 7.89. The summed E-state index contributed by atoms with van der Waals surface area (Å²) < 4.78 is 37.1. The Morgan fingerprint density at radius 3 is 2.33 bits per heavy atom. The molecule has 0 bridgehead atoms. The molecule has 0 aliphatic carbocycles. The highest BCUT2D eigenvalue weighted by Gasteiger charge is 2.12. The average Bonchev–Trinajstić information content (AvgIpc) is 2.68. The fourth-order valence-electron chi connectivity index (χ4n) is 2.45. The fourth-order valence-corrected chi connectivity index (χ4v) is 3.38. The van der Waals surface area contributed by atoms with Crippen molar-refractivity contribution in [3.05, 3.63) is 59.7 Å². The number of nitrogens with one attached hydrogen (secondary N) is 2. The molecule has 0 aliphatic rings. The monoisotopic (exact) mass is 392 g/mol. The lowest BCUT2D eigenvalue weighted by Gasteiger charge is -2.10. The summed E-state index contributed by atoms with van der Waals surface area (Å²) in [7, 11) is -0.371. The van der Waals surface area contributed by atoms with Gasteiger partial charge < -0.3 is 14.8 Å². The summed E-state index contributed by atoms with van der Waals surface area (Å²) in [6.45, 7) is 0.296. The molecule has 27 heavy (non-hydrogen) atoms. The van der Waals surface area contributed by atoms with E-state index < -0.39 is 10.0 Å². The van der Waals surface area contributed by atoms with Crippen LogP contribution in [0.1, 0.15) is 15.9 Å². The predicted molar refractivity (Wildman–Crippen MR) is 104 cm³/mol. The number of carbonyl (C=O) groups excluding carboxylic acids is 1. The molecule has 0 aromatic heterocycles. The van der Waals surface area contributed by atoms with Crippen LogP contribution in [0.2, 0.25) is 0 Å². The van der Waals surface area contributed by atoms with E-state index >= 15 is 0 Å². The molecule has 0 fully saturated rings. The van der Waals surface area contributed by atoms with Crippen molar-refractivity contribution in [1.82, 2.24) is 10.0 Å². The van der Waals surface area contributed by atoms with E-state index in [9.17, 15) is 13.2 Å². The van der Waals surface area contributed by atoms with Crippen LogP contribution in [0.25, 0.3) is 0 Å². The van der Waals surface area contributed by atoms with Gasteiger partial charge in [0.2, 0.25) is 10.0 Å². The van der Waals surface area contributed by atoms with Crippen LogP contribution in [0.3, 0.4) is 0 Å². The van der Waals surface area contributed by atoms with E-state index in [2.05, 4.69) is 10.0 Å². The summed E-state index contributed by atoms with van der Waals surface area (Å²) >= 11 is 0. The second-order valence-electron chi connectivity index (χ2n) is 5.77. The molecule has 8 heteroatoms. The summed E-state index contributed by atoms with van der Waals surface area (Å²) in [5.74, 6) is 0.742. The van der Waals surface area contributed by atoms with E-state index in [1.165, 1.54) is 0 Å². The molecule has 0 aliphatic heterocycles. The Hall–Kier alpha value is -2.58. The number of amides is 1. The number of rotatable bonds is 10. The molecule has 2 aromatic carbocycles. The summed E-state index contributed by atoms with van der Waals surface area (Å²) in [5, 5.41) is 2.60. The van der Waals surface area contributed by atoms with Crippen LogP contribution in [0.15, 0.2) is 48.5 Å². The molecule has 146 valence electrons. The first-order chi connectivity index (χ1) is 12.9. The van der Waals surface area contributed by atoms with Crippen LogP contribution in [0.5, 0.6) is 11.5 Å². The first-order valence-electron chi connectivity index (χ1n) is 8.46. The second kappa shape index (κ2) is 9.94. The minimum absolute atomic E-state index is 0.0411. The maximum atomic E-state index is 12.1. The summed E-state index contributed by atoms with van der Waals surface area (Å²) in [6.07, 6.45) is 0.510. The normalized spacial score (nSPS) is 11.0. The molecule has 2 aromatic rings. The molecule has 0 radical (unpaired) electrons. The minimum atomic E-state index is -3.48. The zero-order valence-corrected chi connectivity index (χ0v) is 16.2. The van der Waals surface area contributed by atoms with Crippen molar-refractivity contribution in [2.24, 2.45) is 0 Å². The van der Waals surface area contributed by atoms with E-state index in [1.54, 1.807) is 44.6 Å². The van der Waals surface area contributed by atoms with Gasteiger partial charge in [-0.15, -0.1) is 0 Å². The van der Waals surface area contributed by atoms with E-state index in [4.69, 9.17) is 9.47 Å². The average molecular weight is 392 g/mol. The Morgan fingerprint density at radius 1 is 0.963 bits per heavy atom.